The summed E-state index contributed by atoms with van der Waals surface area (Å²) in [5, 5.41) is 5.71. The summed E-state index contributed by atoms with van der Waals surface area (Å²) in [6, 6.07) is 20.4. The first-order valence-electron chi connectivity index (χ1n) is 13.3. The molecule has 9 nitrogen and oxygen atoms in total. The maximum atomic E-state index is 13.6. The van der Waals surface area contributed by atoms with Gasteiger partial charge in [0.05, 0.1) is 25.5 Å². The number of benzene rings is 3. The fraction of sp³-hybridized carbons (Fsp3) is 0.333. The number of urea groups is 1. The minimum Gasteiger partial charge on any atom is -0.497 e. The van der Waals surface area contributed by atoms with Gasteiger partial charge in [-0.2, -0.15) is 0 Å². The van der Waals surface area contributed by atoms with Crippen molar-refractivity contribution in [3.05, 3.63) is 72.3 Å². The van der Waals surface area contributed by atoms with Crippen LogP contribution in [0.3, 0.4) is 0 Å². The van der Waals surface area contributed by atoms with Crippen molar-refractivity contribution in [3.8, 4) is 11.5 Å². The molecule has 204 valence electrons. The summed E-state index contributed by atoms with van der Waals surface area (Å²) in [5.74, 6) is 1.58. The van der Waals surface area contributed by atoms with Gasteiger partial charge < -0.3 is 34.8 Å². The first kappa shape index (κ1) is 26.2. The molecule has 0 bridgehead atoms. The third-order valence-corrected chi connectivity index (χ3v) is 7.27. The molecule has 2 fully saturated rings. The van der Waals surface area contributed by atoms with Gasteiger partial charge in [-0.3, -0.25) is 4.79 Å². The lowest BCUT2D eigenvalue weighted by Crippen LogP contribution is -2.47. The van der Waals surface area contributed by atoms with Crippen LogP contribution < -0.4 is 29.9 Å². The smallest absolute Gasteiger partial charge is 0.323 e. The zero-order chi connectivity index (χ0) is 27.2. The number of nitrogens with one attached hydrogen (secondary N) is 2. The Morgan fingerprint density at radius 2 is 1.31 bits per heavy atom. The number of likely N-dealkylation sites (tertiary alicyclic amines) is 1. The zero-order valence-electron chi connectivity index (χ0n) is 22.5. The highest BCUT2D eigenvalue weighted by molar-refractivity contribution is 6.04. The van der Waals surface area contributed by atoms with Gasteiger partial charge in [-0.05, 0) is 67.4 Å². The second kappa shape index (κ2) is 12.0. The Hall–Kier alpha value is -4.40. The Morgan fingerprint density at radius 1 is 0.692 bits per heavy atom. The molecule has 2 heterocycles. The Balaban J connectivity index is 1.32. The van der Waals surface area contributed by atoms with Crippen LogP contribution in [0.25, 0.3) is 0 Å². The Bertz CT molecular complexity index is 1300. The lowest BCUT2D eigenvalue weighted by Gasteiger charge is -2.38. The van der Waals surface area contributed by atoms with Gasteiger partial charge in [0.25, 0.3) is 5.91 Å². The SMILES string of the molecule is COc1ccc(NC(=O)Nc2ccc(N3CCN(c4ccccc4OC)CC3)c(C(=O)N3CCCC3)c2)cc1. The number of methoxy groups -OCH3 is 2. The number of nitrogens with zero attached hydrogens (tertiary/aromatic N) is 3. The van der Waals surface area contributed by atoms with E-state index in [1.165, 1.54) is 0 Å². The fourth-order valence-electron chi connectivity index (χ4n) is 5.20. The monoisotopic (exact) mass is 529 g/mol. The summed E-state index contributed by atoms with van der Waals surface area (Å²) in [6.45, 7) is 4.67. The van der Waals surface area contributed by atoms with E-state index in [0.29, 0.717) is 22.7 Å². The number of carbonyl (C=O) groups excluding carboxylic acids is 2. The summed E-state index contributed by atoms with van der Waals surface area (Å²) >= 11 is 0. The summed E-state index contributed by atoms with van der Waals surface area (Å²) in [4.78, 5) is 32.8. The van der Waals surface area contributed by atoms with E-state index in [-0.39, 0.29) is 11.9 Å². The van der Waals surface area contributed by atoms with Crippen molar-refractivity contribution in [3.63, 3.8) is 0 Å². The van der Waals surface area contributed by atoms with Crippen LogP contribution in [0.1, 0.15) is 23.2 Å². The predicted molar refractivity (Wildman–Crippen MR) is 155 cm³/mol. The molecule has 2 aliphatic heterocycles. The zero-order valence-corrected chi connectivity index (χ0v) is 22.5. The van der Waals surface area contributed by atoms with E-state index < -0.39 is 0 Å². The second-order valence-corrected chi connectivity index (χ2v) is 9.68. The molecular weight excluding hydrogens is 494 g/mol. The standard InChI is InChI=1S/C30H35N5O4/c1-38-24-12-9-22(10-13-24)31-30(37)32-23-11-14-26(25(21-23)29(36)35-15-5-6-16-35)33-17-19-34(20-18-33)27-7-3-4-8-28(27)39-2/h3-4,7-14,21H,5-6,15-20H2,1-2H3,(H2,31,32,37). The largest absolute Gasteiger partial charge is 0.497 e. The van der Waals surface area contributed by atoms with Crippen molar-refractivity contribution in [2.24, 2.45) is 0 Å². The average Bonchev–Trinajstić information content (AvgIpc) is 3.52. The van der Waals surface area contributed by atoms with Crippen LogP contribution in [-0.2, 0) is 0 Å². The van der Waals surface area contributed by atoms with E-state index in [4.69, 9.17) is 9.47 Å². The van der Waals surface area contributed by atoms with Crippen LogP contribution in [0.2, 0.25) is 0 Å². The Labute approximate surface area is 229 Å². The second-order valence-electron chi connectivity index (χ2n) is 9.68. The number of hydrogen-bond acceptors (Lipinski definition) is 6. The van der Waals surface area contributed by atoms with Crippen LogP contribution in [0.5, 0.6) is 11.5 Å². The molecule has 0 aliphatic carbocycles. The Morgan fingerprint density at radius 3 is 1.97 bits per heavy atom. The van der Waals surface area contributed by atoms with Gasteiger partial charge in [-0.25, -0.2) is 4.79 Å². The van der Waals surface area contributed by atoms with Gasteiger partial charge in [0.1, 0.15) is 11.5 Å². The van der Waals surface area contributed by atoms with Crippen molar-refractivity contribution >= 4 is 34.7 Å². The highest BCUT2D eigenvalue weighted by Crippen LogP contribution is 2.32. The van der Waals surface area contributed by atoms with Gasteiger partial charge in [-0.15, -0.1) is 0 Å². The molecule has 0 saturated carbocycles. The maximum absolute atomic E-state index is 13.6. The highest BCUT2D eigenvalue weighted by Gasteiger charge is 2.27. The first-order valence-corrected chi connectivity index (χ1v) is 13.3. The molecule has 2 N–H and O–H groups in total. The average molecular weight is 530 g/mol. The molecule has 0 radical (unpaired) electrons. The summed E-state index contributed by atoms with van der Waals surface area (Å²) in [5.41, 5.74) is 3.80. The molecule has 0 spiro atoms. The fourth-order valence-corrected chi connectivity index (χ4v) is 5.20. The summed E-state index contributed by atoms with van der Waals surface area (Å²) in [6.07, 6.45) is 2.03. The minimum atomic E-state index is -0.377. The van der Waals surface area contributed by atoms with Crippen LogP contribution in [0.4, 0.5) is 27.5 Å². The van der Waals surface area contributed by atoms with Gasteiger partial charge in [-0.1, -0.05) is 12.1 Å². The molecule has 3 amide bonds. The quantitative estimate of drug-likeness (QED) is 0.452. The number of carbonyl (C=O) groups is 2. The lowest BCUT2D eigenvalue weighted by molar-refractivity contribution is 0.0793. The minimum absolute atomic E-state index is 0.00821. The normalized spacial score (nSPS) is 15.2. The molecule has 5 rings (SSSR count). The molecule has 2 saturated heterocycles. The number of piperazine rings is 1. The number of para-hydroxylation sites is 2. The predicted octanol–water partition coefficient (Wildman–Crippen LogP) is 4.91. The van der Waals surface area contributed by atoms with Crippen LogP contribution in [0, 0.1) is 0 Å². The number of rotatable bonds is 7. The third kappa shape index (κ3) is 6.03. The van der Waals surface area contributed by atoms with E-state index >= 15 is 0 Å². The number of ether oxygens (including phenoxy) is 2. The van der Waals surface area contributed by atoms with E-state index in [9.17, 15) is 9.59 Å². The lowest BCUT2D eigenvalue weighted by atomic mass is 10.1. The van der Waals surface area contributed by atoms with Crippen molar-refractivity contribution < 1.29 is 19.1 Å². The topological polar surface area (TPSA) is 86.4 Å². The number of hydrogen-bond donors (Lipinski definition) is 2. The van der Waals surface area contributed by atoms with Crippen molar-refractivity contribution in [2.75, 3.05) is 73.9 Å². The van der Waals surface area contributed by atoms with Gasteiger partial charge in [0.2, 0.25) is 0 Å². The number of anilines is 4. The molecular formula is C30H35N5O4. The van der Waals surface area contributed by atoms with Crippen molar-refractivity contribution in [1.29, 1.82) is 0 Å². The molecule has 3 aromatic carbocycles. The maximum Gasteiger partial charge on any atom is 0.323 e. The first-order chi connectivity index (χ1) is 19.1. The number of amides is 3. The molecule has 0 unspecified atom stereocenters. The Kier molecular flexibility index (Phi) is 8.05. The van der Waals surface area contributed by atoms with Crippen LogP contribution >= 0.6 is 0 Å². The molecule has 0 aromatic heterocycles. The van der Waals surface area contributed by atoms with E-state index in [1.54, 1.807) is 44.6 Å². The molecule has 3 aromatic rings. The van der Waals surface area contributed by atoms with Crippen LogP contribution in [0.15, 0.2) is 66.7 Å². The van der Waals surface area contributed by atoms with E-state index in [2.05, 4.69) is 26.5 Å². The van der Waals surface area contributed by atoms with Crippen molar-refractivity contribution in [2.45, 2.75) is 12.8 Å². The van der Waals surface area contributed by atoms with E-state index in [0.717, 1.165) is 69.2 Å². The van der Waals surface area contributed by atoms with E-state index in [1.807, 2.05) is 35.2 Å². The third-order valence-electron chi connectivity index (χ3n) is 7.27. The van der Waals surface area contributed by atoms with Crippen LogP contribution in [-0.4, -0.2) is 70.3 Å². The van der Waals surface area contributed by atoms with Crippen molar-refractivity contribution in [1.82, 2.24) is 4.90 Å². The van der Waals surface area contributed by atoms with Gasteiger partial charge in [0.15, 0.2) is 0 Å². The summed E-state index contributed by atoms with van der Waals surface area (Å²) < 4.78 is 10.7. The molecule has 2 aliphatic rings. The van der Waals surface area contributed by atoms with Gasteiger partial charge in [0, 0.05) is 56.3 Å². The summed E-state index contributed by atoms with van der Waals surface area (Å²) in [7, 11) is 3.29. The molecule has 9 heteroatoms. The highest BCUT2D eigenvalue weighted by atomic mass is 16.5. The molecule has 39 heavy (non-hydrogen) atoms. The van der Waals surface area contributed by atoms with Gasteiger partial charge >= 0.3 is 6.03 Å². The molecule has 0 atom stereocenters.